The lowest BCUT2D eigenvalue weighted by Gasteiger charge is -2.09. The van der Waals surface area contributed by atoms with Crippen LogP contribution in [0.15, 0.2) is 126 Å². The maximum absolute atomic E-state index is 6.52. The Labute approximate surface area is 233 Å². The van der Waals surface area contributed by atoms with Crippen molar-refractivity contribution in [1.29, 1.82) is 0 Å². The fraction of sp³-hybridized carbons (Fsp3) is 0. The molecule has 0 aliphatic carbocycles. The number of hydrogen-bond donors (Lipinski definition) is 0. The summed E-state index contributed by atoms with van der Waals surface area (Å²) in [5, 5.41) is 2.92. The van der Waals surface area contributed by atoms with E-state index in [0.29, 0.717) is 17.5 Å². The van der Waals surface area contributed by atoms with Gasteiger partial charge in [0.1, 0.15) is 16.2 Å². The molecular weight excluding hydrogens is 512 g/mol. The maximum atomic E-state index is 6.52. The molecule has 0 unspecified atom stereocenters. The van der Waals surface area contributed by atoms with E-state index in [2.05, 4.69) is 30.3 Å². The Bertz CT molecular complexity index is 2080. The standard InChI is InChI=1S/C34H20N4OS/c1-3-11-21(12-4-1)31-36-32(22-13-5-2-6-14-22)38-33(37-31)24-16-10-19-27-29(24)23-15-9-17-25(30(23)39-27)34-35-26-18-7-8-20-28(26)40-34/h1-20H. The highest BCUT2D eigenvalue weighted by Gasteiger charge is 2.20. The molecule has 0 fully saturated rings. The summed E-state index contributed by atoms with van der Waals surface area (Å²) in [5.41, 5.74) is 6.33. The molecule has 0 spiro atoms. The van der Waals surface area contributed by atoms with Gasteiger partial charge in [-0.05, 0) is 24.3 Å². The van der Waals surface area contributed by atoms with E-state index in [1.54, 1.807) is 11.3 Å². The summed E-state index contributed by atoms with van der Waals surface area (Å²) in [4.78, 5) is 19.7. The molecule has 8 rings (SSSR count). The monoisotopic (exact) mass is 532 g/mol. The topological polar surface area (TPSA) is 64.7 Å². The number of hydrogen-bond acceptors (Lipinski definition) is 6. The average molecular weight is 533 g/mol. The molecular formula is C34H20N4OS. The molecule has 0 aliphatic heterocycles. The average Bonchev–Trinajstić information content (AvgIpc) is 3.63. The normalized spacial score (nSPS) is 11.5. The first kappa shape index (κ1) is 22.8. The molecule has 0 N–H and O–H groups in total. The zero-order chi connectivity index (χ0) is 26.5. The highest BCUT2D eigenvalue weighted by atomic mass is 32.1. The van der Waals surface area contributed by atoms with Crippen LogP contribution >= 0.6 is 11.3 Å². The smallest absolute Gasteiger partial charge is 0.164 e. The SMILES string of the molecule is c1ccc(-c2nc(-c3ccccc3)nc(-c3cccc4oc5c(-c6nc7ccccc7s6)cccc5c34)n2)cc1. The predicted molar refractivity (Wildman–Crippen MR) is 162 cm³/mol. The second kappa shape index (κ2) is 9.22. The van der Waals surface area contributed by atoms with Crippen molar-refractivity contribution in [1.82, 2.24) is 19.9 Å². The van der Waals surface area contributed by atoms with Gasteiger partial charge in [0.05, 0.1) is 15.8 Å². The summed E-state index contributed by atoms with van der Waals surface area (Å²) in [7, 11) is 0. The van der Waals surface area contributed by atoms with Crippen LogP contribution in [0.1, 0.15) is 0 Å². The number of furan rings is 1. The summed E-state index contributed by atoms with van der Waals surface area (Å²) in [6, 6.07) is 40.5. The summed E-state index contributed by atoms with van der Waals surface area (Å²) in [6.07, 6.45) is 0. The summed E-state index contributed by atoms with van der Waals surface area (Å²) in [6.45, 7) is 0. The first-order valence-corrected chi connectivity index (χ1v) is 13.8. The number of aromatic nitrogens is 4. The molecule has 3 aromatic heterocycles. The highest BCUT2D eigenvalue weighted by molar-refractivity contribution is 7.21. The lowest BCUT2D eigenvalue weighted by molar-refractivity contribution is 0.670. The van der Waals surface area contributed by atoms with Crippen molar-refractivity contribution in [3.63, 3.8) is 0 Å². The van der Waals surface area contributed by atoms with Gasteiger partial charge in [0.25, 0.3) is 0 Å². The Morgan fingerprint density at radius 2 is 1.12 bits per heavy atom. The number of fused-ring (bicyclic) bond motifs is 4. The molecule has 188 valence electrons. The molecule has 0 radical (unpaired) electrons. The second-order valence-corrected chi connectivity index (χ2v) is 10.5. The molecule has 8 aromatic rings. The van der Waals surface area contributed by atoms with E-state index in [-0.39, 0.29) is 0 Å². The Kier molecular flexibility index (Phi) is 5.24. The Morgan fingerprint density at radius 1 is 0.500 bits per heavy atom. The number of benzene rings is 5. The molecule has 5 aromatic carbocycles. The largest absolute Gasteiger partial charge is 0.455 e. The summed E-state index contributed by atoms with van der Waals surface area (Å²) < 4.78 is 7.67. The van der Waals surface area contributed by atoms with Crippen molar-refractivity contribution in [2.75, 3.05) is 0 Å². The van der Waals surface area contributed by atoms with Gasteiger partial charge in [-0.1, -0.05) is 97.1 Å². The molecule has 6 heteroatoms. The molecule has 0 bridgehead atoms. The highest BCUT2D eigenvalue weighted by Crippen LogP contribution is 2.41. The minimum atomic E-state index is 0.603. The van der Waals surface area contributed by atoms with Crippen LogP contribution in [-0.2, 0) is 0 Å². The zero-order valence-electron chi connectivity index (χ0n) is 21.2. The lowest BCUT2D eigenvalue weighted by atomic mass is 10.0. The van der Waals surface area contributed by atoms with Crippen molar-refractivity contribution < 1.29 is 4.42 Å². The van der Waals surface area contributed by atoms with E-state index in [9.17, 15) is 0 Å². The van der Waals surface area contributed by atoms with Crippen molar-refractivity contribution in [3.05, 3.63) is 121 Å². The summed E-state index contributed by atoms with van der Waals surface area (Å²) in [5.74, 6) is 1.86. The molecule has 5 nitrogen and oxygen atoms in total. The number of para-hydroxylation sites is 2. The zero-order valence-corrected chi connectivity index (χ0v) is 22.0. The molecule has 0 aliphatic rings. The minimum Gasteiger partial charge on any atom is -0.455 e. The third-order valence-electron chi connectivity index (χ3n) is 6.99. The van der Waals surface area contributed by atoms with Gasteiger partial charge in [-0.15, -0.1) is 11.3 Å². The Morgan fingerprint density at radius 3 is 1.85 bits per heavy atom. The first-order valence-electron chi connectivity index (χ1n) is 13.0. The van der Waals surface area contributed by atoms with Gasteiger partial charge in [0, 0.05) is 27.5 Å². The second-order valence-electron chi connectivity index (χ2n) is 9.49. The predicted octanol–water partition coefficient (Wildman–Crippen LogP) is 9.05. The van der Waals surface area contributed by atoms with Crippen molar-refractivity contribution >= 4 is 43.5 Å². The van der Waals surface area contributed by atoms with Gasteiger partial charge in [-0.2, -0.15) is 0 Å². The quantitative estimate of drug-likeness (QED) is 0.226. The van der Waals surface area contributed by atoms with Gasteiger partial charge < -0.3 is 4.42 Å². The van der Waals surface area contributed by atoms with Crippen LogP contribution in [0.25, 0.3) is 76.9 Å². The summed E-state index contributed by atoms with van der Waals surface area (Å²) >= 11 is 1.67. The van der Waals surface area contributed by atoms with Crippen LogP contribution in [0, 0.1) is 0 Å². The van der Waals surface area contributed by atoms with Gasteiger partial charge in [0.15, 0.2) is 17.5 Å². The lowest BCUT2D eigenvalue weighted by Crippen LogP contribution is -2.00. The maximum Gasteiger partial charge on any atom is 0.164 e. The van der Waals surface area contributed by atoms with Crippen molar-refractivity contribution in [2.24, 2.45) is 0 Å². The van der Waals surface area contributed by atoms with Crippen LogP contribution in [0.4, 0.5) is 0 Å². The van der Waals surface area contributed by atoms with Crippen LogP contribution in [0.5, 0.6) is 0 Å². The fourth-order valence-corrected chi connectivity index (χ4v) is 6.11. The van der Waals surface area contributed by atoms with Gasteiger partial charge in [-0.25, -0.2) is 19.9 Å². The molecule has 0 amide bonds. The number of thiazole rings is 1. The van der Waals surface area contributed by atoms with Crippen molar-refractivity contribution in [2.45, 2.75) is 0 Å². The third kappa shape index (κ3) is 3.77. The van der Waals surface area contributed by atoms with Crippen LogP contribution < -0.4 is 0 Å². The fourth-order valence-electron chi connectivity index (χ4n) is 5.12. The van der Waals surface area contributed by atoms with Crippen LogP contribution in [0.2, 0.25) is 0 Å². The molecule has 40 heavy (non-hydrogen) atoms. The van der Waals surface area contributed by atoms with E-state index in [4.69, 9.17) is 24.4 Å². The third-order valence-corrected chi connectivity index (χ3v) is 8.06. The molecule has 0 atom stereocenters. The Balaban J connectivity index is 1.37. The van der Waals surface area contributed by atoms with Gasteiger partial charge in [0.2, 0.25) is 0 Å². The molecule has 0 saturated carbocycles. The van der Waals surface area contributed by atoms with E-state index in [1.165, 1.54) is 0 Å². The number of nitrogens with zero attached hydrogens (tertiary/aromatic N) is 4. The van der Waals surface area contributed by atoms with E-state index < -0.39 is 0 Å². The molecule has 3 heterocycles. The number of rotatable bonds is 4. The van der Waals surface area contributed by atoms with E-state index in [0.717, 1.165) is 59.4 Å². The van der Waals surface area contributed by atoms with Crippen LogP contribution in [-0.4, -0.2) is 19.9 Å². The van der Waals surface area contributed by atoms with E-state index in [1.807, 2.05) is 91.0 Å². The first-order chi connectivity index (χ1) is 19.8. The van der Waals surface area contributed by atoms with Gasteiger partial charge >= 0.3 is 0 Å². The van der Waals surface area contributed by atoms with E-state index >= 15 is 0 Å². The minimum absolute atomic E-state index is 0.603. The van der Waals surface area contributed by atoms with Crippen LogP contribution in [0.3, 0.4) is 0 Å². The van der Waals surface area contributed by atoms with Crippen molar-refractivity contribution in [3.8, 4) is 44.7 Å². The molecule has 0 saturated heterocycles. The Hall–Kier alpha value is -5.20. The van der Waals surface area contributed by atoms with Gasteiger partial charge in [-0.3, -0.25) is 0 Å².